The minimum atomic E-state index is -3.67. The van der Waals surface area contributed by atoms with E-state index in [-0.39, 0.29) is 33.7 Å². The second-order valence-corrected chi connectivity index (χ2v) is 13.2. The largest absolute Gasteiger partial charge is 0.303 e. The van der Waals surface area contributed by atoms with Crippen molar-refractivity contribution in [2.75, 3.05) is 20.1 Å². The van der Waals surface area contributed by atoms with Crippen molar-refractivity contribution in [1.29, 1.82) is 0 Å². The number of nitrogens with one attached hydrogen (secondary N) is 2. The van der Waals surface area contributed by atoms with Gasteiger partial charge in [-0.2, -0.15) is 0 Å². The third-order valence-corrected chi connectivity index (χ3v) is 8.91. The minimum absolute atomic E-state index is 0.0458. The van der Waals surface area contributed by atoms with E-state index in [0.717, 1.165) is 11.1 Å². The summed E-state index contributed by atoms with van der Waals surface area (Å²) in [5.41, 5.74) is 1.99. The van der Waals surface area contributed by atoms with E-state index in [1.54, 1.807) is 48.5 Å². The zero-order chi connectivity index (χ0) is 25.7. The zero-order valence-electron chi connectivity index (χ0n) is 21.2. The molecule has 34 heavy (non-hydrogen) atoms. The number of hydrogen-bond acceptors (Lipinski definition) is 5. The van der Waals surface area contributed by atoms with E-state index in [9.17, 15) is 16.8 Å². The average molecular weight is 510 g/mol. The van der Waals surface area contributed by atoms with E-state index in [1.807, 2.05) is 53.5 Å². The summed E-state index contributed by atoms with van der Waals surface area (Å²) in [4.78, 5) is 2.44. The lowest BCUT2D eigenvalue weighted by Crippen LogP contribution is -2.50. The Labute approximate surface area is 206 Å². The fourth-order valence-corrected chi connectivity index (χ4v) is 6.24. The van der Waals surface area contributed by atoms with Crippen LogP contribution in [0.2, 0.25) is 0 Å². The van der Waals surface area contributed by atoms with Gasteiger partial charge in [0.05, 0.1) is 9.79 Å². The van der Waals surface area contributed by atoms with Crippen LogP contribution in [0.25, 0.3) is 0 Å². The predicted octanol–water partition coefficient (Wildman–Crippen LogP) is 3.54. The van der Waals surface area contributed by atoms with Crippen LogP contribution in [0.3, 0.4) is 0 Å². The molecule has 190 valence electrons. The van der Waals surface area contributed by atoms with E-state index in [0.29, 0.717) is 13.1 Å². The summed E-state index contributed by atoms with van der Waals surface area (Å²) < 4.78 is 57.3. The second kappa shape index (κ2) is 11.8. The molecule has 2 N–H and O–H groups in total. The van der Waals surface area contributed by atoms with Crippen LogP contribution in [0.15, 0.2) is 58.3 Å². The van der Waals surface area contributed by atoms with E-state index < -0.39 is 20.0 Å². The van der Waals surface area contributed by atoms with Crippen molar-refractivity contribution >= 4 is 20.0 Å². The lowest BCUT2D eigenvalue weighted by molar-refractivity contribution is 0.236. The van der Waals surface area contributed by atoms with Gasteiger partial charge >= 0.3 is 0 Å². The lowest BCUT2D eigenvalue weighted by Gasteiger charge is -2.31. The van der Waals surface area contributed by atoms with Gasteiger partial charge in [0.25, 0.3) is 0 Å². The van der Waals surface area contributed by atoms with Crippen LogP contribution in [-0.4, -0.2) is 54.0 Å². The normalized spacial score (nSPS) is 14.6. The van der Waals surface area contributed by atoms with Crippen LogP contribution in [0.5, 0.6) is 0 Å². The third kappa shape index (κ3) is 8.16. The number of hydrogen-bond donors (Lipinski definition) is 2. The lowest BCUT2D eigenvalue weighted by atomic mass is 10.0. The van der Waals surface area contributed by atoms with Crippen molar-refractivity contribution in [3.05, 3.63) is 59.7 Å². The molecule has 0 radical (unpaired) electrons. The van der Waals surface area contributed by atoms with Gasteiger partial charge in [-0.05, 0) is 57.0 Å². The van der Waals surface area contributed by atoms with E-state index in [4.69, 9.17) is 0 Å². The highest BCUT2D eigenvalue weighted by atomic mass is 32.2. The molecule has 9 heteroatoms. The molecule has 2 aromatic carbocycles. The maximum atomic E-state index is 12.9. The zero-order valence-corrected chi connectivity index (χ0v) is 22.9. The summed E-state index contributed by atoms with van der Waals surface area (Å²) in [6.07, 6.45) is 0. The smallest absolute Gasteiger partial charge is 0.240 e. The number of sulfonamides is 2. The SMILES string of the molecule is Cc1ccc(S(=O)(=O)N[C@H](CN(C)C[C@@H](NS(=O)(=O)c2ccc(C)cc2)C(C)C)C(C)C)cc1. The van der Waals surface area contributed by atoms with Crippen molar-refractivity contribution in [2.45, 2.75) is 63.4 Å². The summed E-state index contributed by atoms with van der Waals surface area (Å²) in [5, 5.41) is 0. The first kappa shape index (κ1) is 28.5. The molecule has 0 unspecified atom stereocenters. The maximum Gasteiger partial charge on any atom is 0.240 e. The monoisotopic (exact) mass is 509 g/mol. The van der Waals surface area contributed by atoms with Crippen LogP contribution in [0.1, 0.15) is 38.8 Å². The highest BCUT2D eigenvalue weighted by molar-refractivity contribution is 7.89. The van der Waals surface area contributed by atoms with Gasteiger partial charge < -0.3 is 4.90 Å². The first-order chi connectivity index (χ1) is 15.7. The van der Waals surface area contributed by atoms with Gasteiger partial charge in [0, 0.05) is 25.2 Å². The van der Waals surface area contributed by atoms with Crippen LogP contribution >= 0.6 is 0 Å². The molecule has 2 atom stereocenters. The van der Waals surface area contributed by atoms with Gasteiger partial charge in [-0.1, -0.05) is 63.1 Å². The standard InChI is InChI=1S/C25H39N3O4S2/c1-18(2)24(26-33(29,30)22-12-8-20(5)9-13-22)16-28(7)17-25(19(3)4)27-34(31,32)23-14-10-21(6)11-15-23/h8-15,18-19,24-27H,16-17H2,1-7H3/t24-,25-/m1/s1. The Kier molecular flexibility index (Phi) is 9.85. The topological polar surface area (TPSA) is 95.6 Å². The molecule has 0 amide bonds. The van der Waals surface area contributed by atoms with Crippen molar-refractivity contribution in [3.8, 4) is 0 Å². The van der Waals surface area contributed by atoms with Crippen LogP contribution < -0.4 is 9.44 Å². The highest BCUT2D eigenvalue weighted by Gasteiger charge is 2.27. The Bertz CT molecular complexity index is 1040. The molecule has 0 heterocycles. The van der Waals surface area contributed by atoms with E-state index in [2.05, 4.69) is 9.44 Å². The van der Waals surface area contributed by atoms with Crippen molar-refractivity contribution in [3.63, 3.8) is 0 Å². The number of rotatable bonds is 12. The fraction of sp³-hybridized carbons (Fsp3) is 0.520. The molecule has 2 aromatic rings. The van der Waals surface area contributed by atoms with Gasteiger partial charge in [0.1, 0.15) is 0 Å². The Morgan fingerprint density at radius 1 is 0.647 bits per heavy atom. The summed E-state index contributed by atoms with van der Waals surface area (Å²) in [6.45, 7) is 12.6. The van der Waals surface area contributed by atoms with Crippen molar-refractivity contribution in [2.24, 2.45) is 11.8 Å². The molecular weight excluding hydrogens is 470 g/mol. The Balaban J connectivity index is 2.11. The Hall–Kier alpha value is -1.78. The summed E-state index contributed by atoms with van der Waals surface area (Å²) in [6, 6.07) is 12.9. The van der Waals surface area contributed by atoms with Gasteiger partial charge in [-0.25, -0.2) is 26.3 Å². The summed E-state index contributed by atoms with van der Waals surface area (Å²) in [5.74, 6) is 0.0915. The van der Waals surface area contributed by atoms with Gasteiger partial charge in [-0.15, -0.1) is 0 Å². The van der Waals surface area contributed by atoms with Crippen LogP contribution in [-0.2, 0) is 20.0 Å². The maximum absolute atomic E-state index is 12.9. The summed E-state index contributed by atoms with van der Waals surface area (Å²) >= 11 is 0. The molecule has 0 bridgehead atoms. The van der Waals surface area contributed by atoms with Crippen LogP contribution in [0.4, 0.5) is 0 Å². The number of aryl methyl sites for hydroxylation is 2. The molecule has 2 rings (SSSR count). The Morgan fingerprint density at radius 3 is 1.21 bits per heavy atom. The molecule has 0 aliphatic carbocycles. The van der Waals surface area contributed by atoms with Crippen molar-refractivity contribution < 1.29 is 16.8 Å². The third-order valence-electron chi connectivity index (χ3n) is 5.90. The molecule has 0 saturated carbocycles. The molecular formula is C25H39N3O4S2. The number of benzene rings is 2. The van der Waals surface area contributed by atoms with Gasteiger partial charge in [0.15, 0.2) is 0 Å². The molecule has 0 fully saturated rings. The van der Waals surface area contributed by atoms with Gasteiger partial charge in [0.2, 0.25) is 20.0 Å². The molecule has 7 nitrogen and oxygen atoms in total. The Morgan fingerprint density at radius 2 is 0.941 bits per heavy atom. The minimum Gasteiger partial charge on any atom is -0.303 e. The van der Waals surface area contributed by atoms with Crippen molar-refractivity contribution in [1.82, 2.24) is 14.3 Å². The van der Waals surface area contributed by atoms with Crippen LogP contribution in [0, 0.1) is 25.7 Å². The molecule has 0 aliphatic heterocycles. The molecule has 0 spiro atoms. The first-order valence-corrected chi connectivity index (χ1v) is 14.5. The quantitative estimate of drug-likeness (QED) is 0.456. The molecule has 0 aliphatic rings. The molecule has 0 saturated heterocycles. The van der Waals surface area contributed by atoms with Gasteiger partial charge in [-0.3, -0.25) is 0 Å². The second-order valence-electron chi connectivity index (χ2n) is 9.79. The fourth-order valence-electron chi connectivity index (χ4n) is 3.48. The predicted molar refractivity (Wildman–Crippen MR) is 138 cm³/mol. The van der Waals surface area contributed by atoms with E-state index in [1.165, 1.54) is 0 Å². The number of likely N-dealkylation sites (N-methyl/N-ethyl adjacent to an activating group) is 1. The highest BCUT2D eigenvalue weighted by Crippen LogP contribution is 2.16. The number of nitrogens with zero attached hydrogens (tertiary/aromatic N) is 1. The average Bonchev–Trinajstić information content (AvgIpc) is 2.73. The summed E-state index contributed by atoms with van der Waals surface area (Å²) in [7, 11) is -5.46. The molecule has 0 aromatic heterocycles. The first-order valence-electron chi connectivity index (χ1n) is 11.6. The van der Waals surface area contributed by atoms with E-state index >= 15 is 0 Å².